The number of fused-ring (bicyclic) bond motifs is 1. The molecule has 0 radical (unpaired) electrons. The Kier molecular flexibility index (Phi) is 5.17. The van der Waals surface area contributed by atoms with Crippen LogP contribution >= 0.6 is 22.9 Å². The van der Waals surface area contributed by atoms with Crippen LogP contribution in [0.5, 0.6) is 5.75 Å². The van der Waals surface area contributed by atoms with Crippen molar-refractivity contribution in [3.8, 4) is 5.75 Å². The zero-order valence-corrected chi connectivity index (χ0v) is 16.3. The molecular weight excluding hydrogens is 396 g/mol. The van der Waals surface area contributed by atoms with Gasteiger partial charge in [-0.2, -0.15) is 0 Å². The van der Waals surface area contributed by atoms with Gasteiger partial charge < -0.3 is 10.1 Å². The average molecular weight is 411 g/mol. The smallest absolute Gasteiger partial charge is 0.241 e. The number of hydrogen-bond donors (Lipinski definition) is 1. The quantitative estimate of drug-likeness (QED) is 0.693. The molecule has 0 saturated carbocycles. The van der Waals surface area contributed by atoms with Gasteiger partial charge in [0.05, 0.1) is 27.2 Å². The number of benzene rings is 2. The van der Waals surface area contributed by atoms with Crippen LogP contribution in [0, 0.1) is 6.92 Å². The molecule has 0 aliphatic rings. The zero-order valence-electron chi connectivity index (χ0n) is 13.9. The second-order valence-electron chi connectivity index (χ2n) is 5.54. The van der Waals surface area contributed by atoms with E-state index in [1.165, 1.54) is 42.7 Å². The molecular formula is C17H15ClN2O4S2. The molecule has 0 unspecified atom stereocenters. The maximum atomic E-state index is 12.4. The van der Waals surface area contributed by atoms with Gasteiger partial charge in [-0.3, -0.25) is 4.79 Å². The normalized spacial score (nSPS) is 11.5. The van der Waals surface area contributed by atoms with Gasteiger partial charge in [0.25, 0.3) is 0 Å². The number of ether oxygens (including phenoxy) is 1. The van der Waals surface area contributed by atoms with Crippen LogP contribution in [0.1, 0.15) is 5.56 Å². The van der Waals surface area contributed by atoms with Gasteiger partial charge in [-0.25, -0.2) is 13.4 Å². The molecule has 1 amide bonds. The maximum absolute atomic E-state index is 12.4. The number of rotatable bonds is 5. The Morgan fingerprint density at radius 1 is 1.23 bits per heavy atom. The van der Waals surface area contributed by atoms with E-state index < -0.39 is 21.5 Å². The van der Waals surface area contributed by atoms with Crippen molar-refractivity contribution in [2.75, 3.05) is 18.2 Å². The largest absolute Gasteiger partial charge is 0.497 e. The van der Waals surface area contributed by atoms with E-state index in [1.807, 2.05) is 13.0 Å². The standard InChI is InChI=1S/C17H15ClN2O4S2/c1-10-3-8-13(18)16-15(10)20-17(25-16)19-14(21)9-26(22,23)12-6-4-11(24-2)5-7-12/h3-8H,9H2,1-2H3,(H,19,20,21). The number of nitrogens with one attached hydrogen (secondary N) is 1. The summed E-state index contributed by atoms with van der Waals surface area (Å²) in [5, 5.41) is 3.39. The van der Waals surface area contributed by atoms with Crippen molar-refractivity contribution in [2.45, 2.75) is 11.8 Å². The Balaban J connectivity index is 1.77. The Morgan fingerprint density at radius 2 is 1.92 bits per heavy atom. The molecule has 3 aromatic rings. The van der Waals surface area contributed by atoms with E-state index in [2.05, 4.69) is 10.3 Å². The molecule has 0 atom stereocenters. The monoisotopic (exact) mass is 410 g/mol. The lowest BCUT2D eigenvalue weighted by Gasteiger charge is -2.05. The number of halogens is 1. The van der Waals surface area contributed by atoms with Crippen molar-refractivity contribution >= 4 is 54.0 Å². The molecule has 3 rings (SSSR count). The number of methoxy groups -OCH3 is 1. The van der Waals surface area contributed by atoms with E-state index in [4.69, 9.17) is 16.3 Å². The summed E-state index contributed by atoms with van der Waals surface area (Å²) >= 11 is 7.35. The van der Waals surface area contributed by atoms with Gasteiger partial charge in [-0.15, -0.1) is 0 Å². The van der Waals surface area contributed by atoms with Gasteiger partial charge in [0.1, 0.15) is 11.5 Å². The summed E-state index contributed by atoms with van der Waals surface area (Å²) in [5.74, 6) is -0.800. The Morgan fingerprint density at radius 3 is 2.54 bits per heavy atom. The lowest BCUT2D eigenvalue weighted by molar-refractivity contribution is -0.113. The number of aryl methyl sites for hydroxylation is 1. The van der Waals surface area contributed by atoms with Crippen molar-refractivity contribution in [1.29, 1.82) is 0 Å². The van der Waals surface area contributed by atoms with E-state index in [0.29, 0.717) is 21.4 Å². The minimum absolute atomic E-state index is 0.0524. The summed E-state index contributed by atoms with van der Waals surface area (Å²) in [6, 6.07) is 9.47. The third kappa shape index (κ3) is 3.82. The van der Waals surface area contributed by atoms with Crippen molar-refractivity contribution in [3.05, 3.63) is 47.0 Å². The minimum atomic E-state index is -3.77. The average Bonchev–Trinajstić information content (AvgIpc) is 3.02. The topological polar surface area (TPSA) is 85.4 Å². The summed E-state index contributed by atoms with van der Waals surface area (Å²) in [4.78, 5) is 16.6. The van der Waals surface area contributed by atoms with E-state index in [0.717, 1.165) is 10.3 Å². The highest BCUT2D eigenvalue weighted by Gasteiger charge is 2.21. The summed E-state index contributed by atoms with van der Waals surface area (Å²) in [5.41, 5.74) is 1.61. The number of aromatic nitrogens is 1. The van der Waals surface area contributed by atoms with Crippen molar-refractivity contribution in [2.24, 2.45) is 0 Å². The number of carbonyl (C=O) groups excluding carboxylic acids is 1. The van der Waals surface area contributed by atoms with Crippen molar-refractivity contribution in [1.82, 2.24) is 4.98 Å². The summed E-state index contributed by atoms with van der Waals surface area (Å²) < 4.78 is 30.5. The molecule has 1 aromatic heterocycles. The highest BCUT2D eigenvalue weighted by atomic mass is 35.5. The Bertz CT molecular complexity index is 1040. The van der Waals surface area contributed by atoms with E-state index >= 15 is 0 Å². The van der Waals surface area contributed by atoms with Crippen LogP contribution in [0.2, 0.25) is 5.02 Å². The molecule has 0 aliphatic heterocycles. The fourth-order valence-corrected chi connectivity index (χ4v) is 4.72. The molecule has 1 N–H and O–H groups in total. The highest BCUT2D eigenvalue weighted by molar-refractivity contribution is 7.92. The molecule has 136 valence electrons. The van der Waals surface area contributed by atoms with Crippen molar-refractivity contribution < 1.29 is 17.9 Å². The molecule has 9 heteroatoms. The number of amides is 1. The molecule has 2 aromatic carbocycles. The Hall–Kier alpha value is -2.16. The number of carbonyl (C=O) groups is 1. The van der Waals surface area contributed by atoms with E-state index in [-0.39, 0.29) is 4.90 Å². The number of hydrogen-bond acceptors (Lipinski definition) is 6. The fraction of sp³-hybridized carbons (Fsp3) is 0.176. The fourth-order valence-electron chi connectivity index (χ4n) is 2.35. The van der Waals surface area contributed by atoms with Crippen LogP contribution in [0.3, 0.4) is 0 Å². The first-order valence-corrected chi connectivity index (χ1v) is 10.4. The zero-order chi connectivity index (χ0) is 18.9. The highest BCUT2D eigenvalue weighted by Crippen LogP contribution is 2.33. The molecule has 1 heterocycles. The maximum Gasteiger partial charge on any atom is 0.241 e. The van der Waals surface area contributed by atoms with E-state index in [9.17, 15) is 13.2 Å². The van der Waals surface area contributed by atoms with Crippen LogP contribution in [-0.2, 0) is 14.6 Å². The molecule has 0 spiro atoms. The summed E-state index contributed by atoms with van der Waals surface area (Å²) in [6.07, 6.45) is 0. The third-order valence-corrected chi connectivity index (χ3v) is 6.75. The van der Waals surface area contributed by atoms with Crippen LogP contribution in [0.25, 0.3) is 10.2 Å². The molecule has 0 fully saturated rings. The van der Waals surface area contributed by atoms with Crippen molar-refractivity contribution in [3.63, 3.8) is 0 Å². The van der Waals surface area contributed by atoms with Crippen LogP contribution < -0.4 is 10.1 Å². The number of nitrogens with zero attached hydrogens (tertiary/aromatic N) is 1. The lowest BCUT2D eigenvalue weighted by atomic mass is 10.2. The van der Waals surface area contributed by atoms with Gasteiger partial charge in [-0.05, 0) is 42.8 Å². The number of thiazole rings is 1. The van der Waals surface area contributed by atoms with E-state index in [1.54, 1.807) is 6.07 Å². The van der Waals surface area contributed by atoms with Gasteiger partial charge in [0.2, 0.25) is 5.91 Å². The first-order chi connectivity index (χ1) is 12.3. The molecule has 26 heavy (non-hydrogen) atoms. The second kappa shape index (κ2) is 7.22. The third-order valence-electron chi connectivity index (χ3n) is 3.68. The molecule has 0 bridgehead atoms. The van der Waals surface area contributed by atoms with Crippen LogP contribution in [0.15, 0.2) is 41.3 Å². The molecule has 6 nitrogen and oxygen atoms in total. The SMILES string of the molecule is COc1ccc(S(=O)(=O)CC(=O)Nc2nc3c(C)ccc(Cl)c3s2)cc1. The van der Waals surface area contributed by atoms with Crippen LogP contribution in [0.4, 0.5) is 5.13 Å². The number of sulfone groups is 1. The second-order valence-corrected chi connectivity index (χ2v) is 8.94. The van der Waals surface area contributed by atoms with Gasteiger partial charge in [-0.1, -0.05) is 29.0 Å². The molecule has 0 aliphatic carbocycles. The predicted molar refractivity (Wildman–Crippen MR) is 103 cm³/mol. The minimum Gasteiger partial charge on any atom is -0.497 e. The van der Waals surface area contributed by atoms with Gasteiger partial charge >= 0.3 is 0 Å². The predicted octanol–water partition coefficient (Wildman–Crippen LogP) is 3.68. The van der Waals surface area contributed by atoms with Gasteiger partial charge in [0, 0.05) is 0 Å². The summed E-state index contributed by atoms with van der Waals surface area (Å²) in [7, 11) is -2.28. The number of anilines is 1. The Labute approximate surface area is 159 Å². The lowest BCUT2D eigenvalue weighted by Crippen LogP contribution is -2.22. The first-order valence-electron chi connectivity index (χ1n) is 7.52. The summed E-state index contributed by atoms with van der Waals surface area (Å²) in [6.45, 7) is 1.89. The van der Waals surface area contributed by atoms with Crippen LogP contribution in [-0.4, -0.2) is 32.2 Å². The first kappa shape index (κ1) is 18.6. The van der Waals surface area contributed by atoms with Gasteiger partial charge in [0.15, 0.2) is 15.0 Å². The molecule has 0 saturated heterocycles.